The van der Waals surface area contributed by atoms with Gasteiger partial charge in [0.05, 0.1) is 5.60 Å². The summed E-state index contributed by atoms with van der Waals surface area (Å²) in [5.41, 5.74) is 4.93. The summed E-state index contributed by atoms with van der Waals surface area (Å²) >= 11 is 0. The average Bonchev–Trinajstić information content (AvgIpc) is 2.42. The van der Waals surface area contributed by atoms with Gasteiger partial charge in [0, 0.05) is 0 Å². The SMILES string of the molecule is CC1=C(C)CC(c2ccc(F)c(F)c2)=C(CCC(C)(C)O)C1. The summed E-state index contributed by atoms with van der Waals surface area (Å²) in [6.07, 6.45) is 3.03. The summed E-state index contributed by atoms with van der Waals surface area (Å²) in [6, 6.07) is 4.11. The summed E-state index contributed by atoms with van der Waals surface area (Å²) in [7, 11) is 0. The van der Waals surface area contributed by atoms with Gasteiger partial charge in [-0.1, -0.05) is 22.8 Å². The van der Waals surface area contributed by atoms with E-state index in [1.165, 1.54) is 28.9 Å². The molecule has 2 rings (SSSR count). The highest BCUT2D eigenvalue weighted by Gasteiger charge is 2.21. The standard InChI is InChI=1S/C19H24F2O/c1-12-9-15(7-8-19(3,4)22)16(10-13(12)2)14-5-6-17(20)18(21)11-14/h5-6,11,22H,7-10H2,1-4H3. The lowest BCUT2D eigenvalue weighted by atomic mass is 9.81. The number of aliphatic hydroxyl groups is 1. The van der Waals surface area contributed by atoms with E-state index in [2.05, 4.69) is 13.8 Å². The smallest absolute Gasteiger partial charge is 0.159 e. The Balaban J connectivity index is 2.37. The van der Waals surface area contributed by atoms with Crippen LogP contribution < -0.4 is 0 Å². The largest absolute Gasteiger partial charge is 0.390 e. The molecule has 0 aliphatic heterocycles. The highest BCUT2D eigenvalue weighted by Crippen LogP contribution is 2.38. The van der Waals surface area contributed by atoms with E-state index in [4.69, 9.17) is 0 Å². The molecule has 0 radical (unpaired) electrons. The highest BCUT2D eigenvalue weighted by atomic mass is 19.2. The number of rotatable bonds is 4. The third kappa shape index (κ3) is 4.04. The van der Waals surface area contributed by atoms with Crippen molar-refractivity contribution in [1.29, 1.82) is 0 Å². The summed E-state index contributed by atoms with van der Waals surface area (Å²) < 4.78 is 26.7. The Labute approximate surface area is 131 Å². The summed E-state index contributed by atoms with van der Waals surface area (Å²) in [4.78, 5) is 0. The van der Waals surface area contributed by atoms with E-state index in [0.717, 1.165) is 30.4 Å². The van der Waals surface area contributed by atoms with Crippen molar-refractivity contribution in [2.75, 3.05) is 0 Å². The van der Waals surface area contributed by atoms with Crippen LogP contribution >= 0.6 is 0 Å². The fraction of sp³-hybridized carbons (Fsp3) is 0.474. The molecular formula is C19H24F2O. The van der Waals surface area contributed by atoms with Crippen LogP contribution in [0.3, 0.4) is 0 Å². The first-order chi connectivity index (χ1) is 10.2. The van der Waals surface area contributed by atoms with Crippen molar-refractivity contribution >= 4 is 5.57 Å². The number of hydrogen-bond donors (Lipinski definition) is 1. The van der Waals surface area contributed by atoms with E-state index in [1.54, 1.807) is 19.9 Å². The van der Waals surface area contributed by atoms with Gasteiger partial charge in [-0.25, -0.2) is 8.78 Å². The highest BCUT2D eigenvalue weighted by molar-refractivity contribution is 5.72. The first-order valence-corrected chi connectivity index (χ1v) is 7.71. The van der Waals surface area contributed by atoms with E-state index < -0.39 is 17.2 Å². The zero-order chi connectivity index (χ0) is 16.5. The van der Waals surface area contributed by atoms with Crippen molar-refractivity contribution in [2.45, 2.75) is 59.0 Å². The predicted molar refractivity (Wildman–Crippen MR) is 86.4 cm³/mol. The lowest BCUT2D eigenvalue weighted by molar-refractivity contribution is 0.0712. The molecule has 0 amide bonds. The lowest BCUT2D eigenvalue weighted by Crippen LogP contribution is -2.18. The number of allylic oxidation sites excluding steroid dienone is 4. The van der Waals surface area contributed by atoms with Crippen LogP contribution in [0, 0.1) is 11.6 Å². The second kappa shape index (κ2) is 6.33. The van der Waals surface area contributed by atoms with Gasteiger partial charge in [-0.05, 0) is 76.6 Å². The summed E-state index contributed by atoms with van der Waals surface area (Å²) in [5, 5.41) is 9.96. The van der Waals surface area contributed by atoms with Gasteiger partial charge in [-0.2, -0.15) is 0 Å². The van der Waals surface area contributed by atoms with Gasteiger partial charge in [-0.15, -0.1) is 0 Å². The molecule has 1 N–H and O–H groups in total. The van der Waals surface area contributed by atoms with Crippen molar-refractivity contribution < 1.29 is 13.9 Å². The normalized spacial score (nSPS) is 16.5. The Morgan fingerprint density at radius 3 is 2.27 bits per heavy atom. The van der Waals surface area contributed by atoms with Crippen LogP contribution in [0.15, 0.2) is 34.9 Å². The van der Waals surface area contributed by atoms with E-state index >= 15 is 0 Å². The molecule has 0 spiro atoms. The Morgan fingerprint density at radius 2 is 1.68 bits per heavy atom. The fourth-order valence-electron chi connectivity index (χ4n) is 2.80. The number of benzene rings is 1. The second-order valence-electron chi connectivity index (χ2n) is 6.94. The van der Waals surface area contributed by atoms with Gasteiger partial charge in [0.1, 0.15) is 0 Å². The minimum Gasteiger partial charge on any atom is -0.390 e. The molecule has 1 aromatic carbocycles. The third-order valence-corrected chi connectivity index (χ3v) is 4.38. The Bertz CT molecular complexity index is 633. The molecule has 0 heterocycles. The Hall–Kier alpha value is -1.48. The molecule has 0 atom stereocenters. The molecular weight excluding hydrogens is 282 g/mol. The third-order valence-electron chi connectivity index (χ3n) is 4.38. The molecule has 3 heteroatoms. The first kappa shape index (κ1) is 16.9. The minimum absolute atomic E-state index is 0.655. The summed E-state index contributed by atoms with van der Waals surface area (Å²) in [5.74, 6) is -1.63. The van der Waals surface area contributed by atoms with Gasteiger partial charge in [0.25, 0.3) is 0 Å². The Kier molecular flexibility index (Phi) is 4.86. The van der Waals surface area contributed by atoms with Crippen molar-refractivity contribution in [3.05, 3.63) is 52.1 Å². The van der Waals surface area contributed by atoms with Crippen molar-refractivity contribution in [1.82, 2.24) is 0 Å². The van der Waals surface area contributed by atoms with E-state index in [9.17, 15) is 13.9 Å². The quantitative estimate of drug-likeness (QED) is 0.738. The van der Waals surface area contributed by atoms with Crippen LogP contribution in [0.5, 0.6) is 0 Å². The number of hydrogen-bond acceptors (Lipinski definition) is 1. The van der Waals surface area contributed by atoms with Crippen LogP contribution in [0.1, 0.15) is 58.9 Å². The maximum Gasteiger partial charge on any atom is 0.159 e. The minimum atomic E-state index is -0.818. The molecule has 0 saturated heterocycles. The van der Waals surface area contributed by atoms with E-state index in [-0.39, 0.29) is 0 Å². The van der Waals surface area contributed by atoms with Gasteiger partial charge < -0.3 is 5.11 Å². The molecule has 120 valence electrons. The van der Waals surface area contributed by atoms with Crippen molar-refractivity contribution in [3.8, 4) is 0 Å². The van der Waals surface area contributed by atoms with Crippen molar-refractivity contribution in [3.63, 3.8) is 0 Å². The molecule has 0 aromatic heterocycles. The van der Waals surface area contributed by atoms with E-state index in [1.807, 2.05) is 0 Å². The Morgan fingerprint density at radius 1 is 1.05 bits per heavy atom. The molecule has 1 aromatic rings. The van der Waals surface area contributed by atoms with Gasteiger partial charge >= 0.3 is 0 Å². The van der Waals surface area contributed by atoms with Gasteiger partial charge in [0.15, 0.2) is 11.6 Å². The zero-order valence-corrected chi connectivity index (χ0v) is 13.8. The molecule has 1 aliphatic carbocycles. The molecule has 0 saturated carbocycles. The molecule has 1 aliphatic rings. The number of halogens is 2. The van der Waals surface area contributed by atoms with Crippen LogP contribution in [0.25, 0.3) is 5.57 Å². The topological polar surface area (TPSA) is 20.2 Å². The molecule has 22 heavy (non-hydrogen) atoms. The second-order valence-corrected chi connectivity index (χ2v) is 6.94. The molecule has 0 unspecified atom stereocenters. The maximum absolute atomic E-state index is 13.6. The zero-order valence-electron chi connectivity index (χ0n) is 13.8. The van der Waals surface area contributed by atoms with Gasteiger partial charge in [-0.3, -0.25) is 0 Å². The van der Waals surface area contributed by atoms with E-state index in [0.29, 0.717) is 6.42 Å². The van der Waals surface area contributed by atoms with Crippen LogP contribution in [-0.4, -0.2) is 10.7 Å². The van der Waals surface area contributed by atoms with Crippen molar-refractivity contribution in [2.24, 2.45) is 0 Å². The van der Waals surface area contributed by atoms with Crippen LogP contribution in [-0.2, 0) is 0 Å². The lowest BCUT2D eigenvalue weighted by Gasteiger charge is -2.26. The van der Waals surface area contributed by atoms with Crippen LogP contribution in [0.4, 0.5) is 8.78 Å². The predicted octanol–water partition coefficient (Wildman–Crippen LogP) is 5.40. The fourth-order valence-corrected chi connectivity index (χ4v) is 2.80. The molecule has 0 fully saturated rings. The summed E-state index contributed by atoms with van der Waals surface area (Å²) in [6.45, 7) is 7.78. The maximum atomic E-state index is 13.6. The molecule has 1 nitrogen and oxygen atoms in total. The van der Waals surface area contributed by atoms with Crippen LogP contribution in [0.2, 0.25) is 0 Å². The monoisotopic (exact) mass is 306 g/mol. The average molecular weight is 306 g/mol. The first-order valence-electron chi connectivity index (χ1n) is 7.71. The van der Waals surface area contributed by atoms with Gasteiger partial charge in [0.2, 0.25) is 0 Å². The molecule has 0 bridgehead atoms.